The number of Topliss-reactive ketones (excluding diaryl/α,β-unsaturated/α-hetero) is 1. The van der Waals surface area contributed by atoms with Crippen molar-refractivity contribution in [2.45, 2.75) is 57.0 Å². The van der Waals surface area contributed by atoms with Crippen molar-refractivity contribution < 1.29 is 19.1 Å². The van der Waals surface area contributed by atoms with E-state index in [0.717, 1.165) is 6.42 Å². The molecule has 1 aliphatic carbocycles. The van der Waals surface area contributed by atoms with Gasteiger partial charge in [-0.3, -0.25) is 9.59 Å². The molecule has 1 aromatic carbocycles. The third kappa shape index (κ3) is 3.31. The van der Waals surface area contributed by atoms with Gasteiger partial charge in [0.05, 0.1) is 25.6 Å². The lowest BCUT2D eigenvalue weighted by Crippen LogP contribution is -2.45. The van der Waals surface area contributed by atoms with Crippen LogP contribution < -0.4 is 9.47 Å². The molecule has 1 saturated carbocycles. The summed E-state index contributed by atoms with van der Waals surface area (Å²) >= 11 is 0. The SMILES string of the molecule is COc1ccc2c(c1)C(=O)CC1(CCN(C(=O)CC3CCCCC3)C1)O2. The minimum atomic E-state index is -0.555. The molecule has 2 heterocycles. The van der Waals surface area contributed by atoms with Gasteiger partial charge in [0.1, 0.15) is 17.1 Å². The summed E-state index contributed by atoms with van der Waals surface area (Å²) < 4.78 is 11.5. The zero-order valence-electron chi connectivity index (χ0n) is 15.5. The minimum Gasteiger partial charge on any atom is -0.497 e. The van der Waals surface area contributed by atoms with Crippen LogP contribution in [-0.4, -0.2) is 42.4 Å². The number of ketones is 1. The van der Waals surface area contributed by atoms with Crippen LogP contribution in [0.5, 0.6) is 11.5 Å². The number of fused-ring (bicyclic) bond motifs is 1. The van der Waals surface area contributed by atoms with Gasteiger partial charge in [-0.2, -0.15) is 0 Å². The zero-order chi connectivity index (χ0) is 18.1. The van der Waals surface area contributed by atoms with Gasteiger partial charge in [0, 0.05) is 19.4 Å². The fourth-order valence-electron chi connectivity index (χ4n) is 4.65. The molecule has 1 aromatic rings. The molecule has 3 aliphatic rings. The van der Waals surface area contributed by atoms with E-state index in [1.54, 1.807) is 19.2 Å². The quantitative estimate of drug-likeness (QED) is 0.829. The Hall–Kier alpha value is -2.04. The van der Waals surface area contributed by atoms with E-state index in [2.05, 4.69) is 0 Å². The number of ether oxygens (including phenoxy) is 2. The Morgan fingerprint density at radius 3 is 2.88 bits per heavy atom. The van der Waals surface area contributed by atoms with Crippen LogP contribution in [0.15, 0.2) is 18.2 Å². The number of nitrogens with zero attached hydrogens (tertiary/aromatic N) is 1. The van der Waals surface area contributed by atoms with Crippen molar-refractivity contribution in [1.29, 1.82) is 0 Å². The topological polar surface area (TPSA) is 55.8 Å². The molecule has 1 atom stereocenters. The van der Waals surface area contributed by atoms with Crippen molar-refractivity contribution in [1.82, 2.24) is 4.90 Å². The van der Waals surface area contributed by atoms with Crippen molar-refractivity contribution in [3.63, 3.8) is 0 Å². The lowest BCUT2D eigenvalue weighted by atomic mass is 9.86. The maximum absolute atomic E-state index is 12.7. The average Bonchev–Trinajstić information content (AvgIpc) is 3.05. The van der Waals surface area contributed by atoms with Crippen molar-refractivity contribution >= 4 is 11.7 Å². The van der Waals surface area contributed by atoms with Gasteiger partial charge in [-0.15, -0.1) is 0 Å². The molecule has 1 unspecified atom stereocenters. The Morgan fingerprint density at radius 1 is 1.31 bits per heavy atom. The first-order chi connectivity index (χ1) is 12.6. The zero-order valence-corrected chi connectivity index (χ0v) is 15.5. The number of likely N-dealkylation sites (tertiary alicyclic amines) is 1. The first kappa shape index (κ1) is 17.4. The standard InChI is InChI=1S/C21H27NO4/c1-25-16-7-8-19-17(12-16)18(23)13-21(26-19)9-10-22(14-21)20(24)11-15-5-3-2-4-6-15/h7-8,12,15H,2-6,9-11,13-14H2,1H3. The normalized spacial score (nSPS) is 25.9. The van der Waals surface area contributed by atoms with E-state index in [4.69, 9.17) is 9.47 Å². The van der Waals surface area contributed by atoms with Crippen LogP contribution >= 0.6 is 0 Å². The second-order valence-electron chi connectivity index (χ2n) is 8.02. The number of carbonyl (C=O) groups excluding carboxylic acids is 2. The van der Waals surface area contributed by atoms with E-state index in [1.165, 1.54) is 32.1 Å². The van der Waals surface area contributed by atoms with E-state index in [-0.39, 0.29) is 11.7 Å². The molecule has 140 valence electrons. The van der Waals surface area contributed by atoms with E-state index in [9.17, 15) is 9.59 Å². The van der Waals surface area contributed by atoms with E-state index in [1.807, 2.05) is 11.0 Å². The smallest absolute Gasteiger partial charge is 0.222 e. The van der Waals surface area contributed by atoms with Gasteiger partial charge in [-0.25, -0.2) is 0 Å². The van der Waals surface area contributed by atoms with Gasteiger partial charge in [-0.1, -0.05) is 19.3 Å². The third-order valence-corrected chi connectivity index (χ3v) is 6.15. The van der Waals surface area contributed by atoms with Gasteiger partial charge in [0.2, 0.25) is 5.91 Å². The summed E-state index contributed by atoms with van der Waals surface area (Å²) in [4.78, 5) is 27.3. The molecule has 1 amide bonds. The van der Waals surface area contributed by atoms with Crippen molar-refractivity contribution in [3.8, 4) is 11.5 Å². The number of methoxy groups -OCH3 is 1. The highest BCUT2D eigenvalue weighted by Gasteiger charge is 2.47. The first-order valence-corrected chi connectivity index (χ1v) is 9.77. The van der Waals surface area contributed by atoms with E-state index in [0.29, 0.717) is 48.9 Å². The molecule has 0 bridgehead atoms. The van der Waals surface area contributed by atoms with Gasteiger partial charge >= 0.3 is 0 Å². The molecular formula is C21H27NO4. The summed E-state index contributed by atoms with van der Waals surface area (Å²) in [5, 5.41) is 0. The number of hydrogen-bond acceptors (Lipinski definition) is 4. The lowest BCUT2D eigenvalue weighted by Gasteiger charge is -2.35. The second-order valence-corrected chi connectivity index (χ2v) is 8.02. The van der Waals surface area contributed by atoms with E-state index < -0.39 is 5.60 Å². The highest BCUT2D eigenvalue weighted by Crippen LogP contribution is 2.40. The van der Waals surface area contributed by atoms with Crippen molar-refractivity contribution in [2.24, 2.45) is 5.92 Å². The van der Waals surface area contributed by atoms with Crippen LogP contribution in [0, 0.1) is 5.92 Å². The summed E-state index contributed by atoms with van der Waals surface area (Å²) in [6, 6.07) is 5.36. The van der Waals surface area contributed by atoms with Crippen LogP contribution in [0.2, 0.25) is 0 Å². The predicted octanol–water partition coefficient (Wildman–Crippen LogP) is 3.60. The molecular weight excluding hydrogens is 330 g/mol. The lowest BCUT2D eigenvalue weighted by molar-refractivity contribution is -0.132. The maximum atomic E-state index is 12.7. The number of amides is 1. The predicted molar refractivity (Wildman–Crippen MR) is 97.7 cm³/mol. The summed E-state index contributed by atoms with van der Waals surface area (Å²) in [5.41, 5.74) is 0.0305. The maximum Gasteiger partial charge on any atom is 0.222 e. The monoisotopic (exact) mass is 357 g/mol. The van der Waals surface area contributed by atoms with Crippen LogP contribution in [0.1, 0.15) is 61.7 Å². The third-order valence-electron chi connectivity index (χ3n) is 6.15. The Labute approximate surface area is 154 Å². The fraction of sp³-hybridized carbons (Fsp3) is 0.619. The summed E-state index contributed by atoms with van der Waals surface area (Å²) in [5.74, 6) is 2.11. The number of benzene rings is 1. The number of carbonyl (C=O) groups is 2. The fourth-order valence-corrected chi connectivity index (χ4v) is 4.65. The first-order valence-electron chi connectivity index (χ1n) is 9.77. The molecule has 1 spiro atoms. The van der Waals surface area contributed by atoms with Crippen LogP contribution in [-0.2, 0) is 4.79 Å². The number of rotatable bonds is 3. The highest BCUT2D eigenvalue weighted by atomic mass is 16.5. The summed E-state index contributed by atoms with van der Waals surface area (Å²) in [6.07, 6.45) is 7.86. The molecule has 2 fully saturated rings. The van der Waals surface area contributed by atoms with Gasteiger partial charge < -0.3 is 14.4 Å². The average molecular weight is 357 g/mol. The molecule has 0 radical (unpaired) electrons. The van der Waals surface area contributed by atoms with Gasteiger partial charge in [-0.05, 0) is 37.0 Å². The molecule has 0 N–H and O–H groups in total. The molecule has 1 saturated heterocycles. The minimum absolute atomic E-state index is 0.0757. The van der Waals surface area contributed by atoms with Crippen LogP contribution in [0.4, 0.5) is 0 Å². The van der Waals surface area contributed by atoms with Crippen molar-refractivity contribution in [3.05, 3.63) is 23.8 Å². The highest BCUT2D eigenvalue weighted by molar-refractivity contribution is 6.01. The van der Waals surface area contributed by atoms with Crippen molar-refractivity contribution in [2.75, 3.05) is 20.2 Å². The van der Waals surface area contributed by atoms with Crippen LogP contribution in [0.3, 0.4) is 0 Å². The molecule has 5 heteroatoms. The van der Waals surface area contributed by atoms with Gasteiger partial charge in [0.15, 0.2) is 5.78 Å². The van der Waals surface area contributed by atoms with E-state index >= 15 is 0 Å². The second kappa shape index (κ2) is 6.93. The Kier molecular flexibility index (Phi) is 4.63. The molecule has 0 aromatic heterocycles. The largest absolute Gasteiger partial charge is 0.497 e. The molecule has 4 rings (SSSR count). The molecule has 26 heavy (non-hydrogen) atoms. The molecule has 2 aliphatic heterocycles. The number of hydrogen-bond donors (Lipinski definition) is 0. The summed E-state index contributed by atoms with van der Waals surface area (Å²) in [6.45, 7) is 1.21. The Morgan fingerprint density at radius 2 is 2.12 bits per heavy atom. The van der Waals surface area contributed by atoms with Gasteiger partial charge in [0.25, 0.3) is 0 Å². The van der Waals surface area contributed by atoms with Crippen LogP contribution in [0.25, 0.3) is 0 Å². The Bertz CT molecular complexity index is 710. The molecule has 5 nitrogen and oxygen atoms in total. The summed E-state index contributed by atoms with van der Waals surface area (Å²) in [7, 11) is 1.59. The Balaban J connectivity index is 1.44.